The lowest BCUT2D eigenvalue weighted by Gasteiger charge is -2.43. The van der Waals surface area contributed by atoms with E-state index in [9.17, 15) is 9.90 Å². The first kappa shape index (κ1) is 14.3. The molecule has 1 N–H and O–H groups in total. The summed E-state index contributed by atoms with van der Waals surface area (Å²) in [7, 11) is 0. The van der Waals surface area contributed by atoms with Gasteiger partial charge in [-0.25, -0.2) is 0 Å². The minimum Gasteiger partial charge on any atom is -0.396 e. The predicted molar refractivity (Wildman–Crippen MR) is 72.1 cm³/mol. The molecule has 1 aliphatic heterocycles. The molecule has 1 heterocycles. The van der Waals surface area contributed by atoms with Crippen molar-refractivity contribution in [2.24, 2.45) is 16.7 Å². The summed E-state index contributed by atoms with van der Waals surface area (Å²) in [6.07, 6.45) is 4.25. The van der Waals surface area contributed by atoms with Crippen LogP contribution in [0.2, 0.25) is 0 Å². The molecular formula is C15H24N2O2. The fourth-order valence-corrected chi connectivity index (χ4v) is 3.41. The van der Waals surface area contributed by atoms with Gasteiger partial charge in [0.25, 0.3) is 0 Å². The molecule has 2 rings (SSSR count). The standard InChI is InChI=1S/C15H24N2O2/c1-12(2)8-14(11-18)4-3-7-17(10-14)13(19)15(9-16)5-6-15/h12,18H,3-8,10-11H2,1-2H3/t14-/m0/s1. The number of likely N-dealkylation sites (tertiary alicyclic amines) is 1. The maximum absolute atomic E-state index is 12.4. The summed E-state index contributed by atoms with van der Waals surface area (Å²) in [5.74, 6) is 0.504. The fourth-order valence-electron chi connectivity index (χ4n) is 3.41. The van der Waals surface area contributed by atoms with E-state index in [0.717, 1.165) is 25.8 Å². The minimum atomic E-state index is -0.726. The van der Waals surface area contributed by atoms with E-state index < -0.39 is 5.41 Å². The van der Waals surface area contributed by atoms with Gasteiger partial charge in [0.05, 0.1) is 12.7 Å². The zero-order valence-corrected chi connectivity index (χ0v) is 12.0. The summed E-state index contributed by atoms with van der Waals surface area (Å²) in [5, 5.41) is 18.9. The SMILES string of the molecule is CC(C)C[C@@]1(CO)CCCN(C(=O)C2(C#N)CC2)C1. The summed E-state index contributed by atoms with van der Waals surface area (Å²) >= 11 is 0. The van der Waals surface area contributed by atoms with E-state index in [1.807, 2.05) is 4.90 Å². The van der Waals surface area contributed by atoms with Crippen LogP contribution in [-0.2, 0) is 4.79 Å². The number of hydrogen-bond acceptors (Lipinski definition) is 3. The number of carbonyl (C=O) groups excluding carboxylic acids is 1. The molecule has 2 fully saturated rings. The molecular weight excluding hydrogens is 240 g/mol. The highest BCUT2D eigenvalue weighted by molar-refractivity contribution is 5.88. The van der Waals surface area contributed by atoms with E-state index in [-0.39, 0.29) is 17.9 Å². The largest absolute Gasteiger partial charge is 0.396 e. The molecule has 1 saturated heterocycles. The molecule has 4 heteroatoms. The van der Waals surface area contributed by atoms with Crippen LogP contribution in [0, 0.1) is 28.1 Å². The molecule has 0 bridgehead atoms. The van der Waals surface area contributed by atoms with Gasteiger partial charge in [0.15, 0.2) is 0 Å². The molecule has 0 spiro atoms. The van der Waals surface area contributed by atoms with Crippen LogP contribution < -0.4 is 0 Å². The molecule has 0 aromatic carbocycles. The van der Waals surface area contributed by atoms with Crippen molar-refractivity contribution in [2.75, 3.05) is 19.7 Å². The molecule has 1 aliphatic carbocycles. The van der Waals surface area contributed by atoms with Crippen molar-refractivity contribution < 1.29 is 9.90 Å². The number of amides is 1. The normalized spacial score (nSPS) is 29.1. The van der Waals surface area contributed by atoms with Crippen LogP contribution in [-0.4, -0.2) is 35.6 Å². The van der Waals surface area contributed by atoms with Crippen molar-refractivity contribution in [2.45, 2.75) is 46.0 Å². The van der Waals surface area contributed by atoms with Crippen LogP contribution in [0.25, 0.3) is 0 Å². The molecule has 0 aromatic heterocycles. The first-order valence-electron chi connectivity index (χ1n) is 7.28. The number of rotatable bonds is 4. The van der Waals surface area contributed by atoms with Gasteiger partial charge in [0, 0.05) is 18.5 Å². The number of aliphatic hydroxyl groups is 1. The van der Waals surface area contributed by atoms with Crippen LogP contribution in [0.1, 0.15) is 46.0 Å². The van der Waals surface area contributed by atoms with Gasteiger partial charge in [-0.1, -0.05) is 13.8 Å². The Morgan fingerprint density at radius 1 is 1.42 bits per heavy atom. The Balaban J connectivity index is 2.08. The van der Waals surface area contributed by atoms with E-state index in [4.69, 9.17) is 5.26 Å². The molecule has 2 aliphatic rings. The minimum absolute atomic E-state index is 0.00344. The molecule has 19 heavy (non-hydrogen) atoms. The van der Waals surface area contributed by atoms with Gasteiger partial charge in [0.1, 0.15) is 5.41 Å². The number of aliphatic hydroxyl groups excluding tert-OH is 1. The van der Waals surface area contributed by atoms with Gasteiger partial charge >= 0.3 is 0 Å². The highest BCUT2D eigenvalue weighted by Gasteiger charge is 2.53. The van der Waals surface area contributed by atoms with Crippen molar-refractivity contribution in [3.05, 3.63) is 0 Å². The Labute approximate surface area is 115 Å². The number of hydrogen-bond donors (Lipinski definition) is 1. The fraction of sp³-hybridized carbons (Fsp3) is 0.867. The summed E-state index contributed by atoms with van der Waals surface area (Å²) in [6, 6.07) is 2.18. The first-order chi connectivity index (χ1) is 8.97. The van der Waals surface area contributed by atoms with Crippen LogP contribution in [0.15, 0.2) is 0 Å². The van der Waals surface area contributed by atoms with Gasteiger partial charge in [0.2, 0.25) is 5.91 Å². The number of nitrogens with zero attached hydrogens (tertiary/aromatic N) is 2. The van der Waals surface area contributed by atoms with E-state index in [2.05, 4.69) is 19.9 Å². The van der Waals surface area contributed by atoms with E-state index >= 15 is 0 Å². The topological polar surface area (TPSA) is 64.3 Å². The van der Waals surface area contributed by atoms with Gasteiger partial charge in [-0.2, -0.15) is 5.26 Å². The second-order valence-corrected chi connectivity index (χ2v) is 6.78. The summed E-state index contributed by atoms with van der Waals surface area (Å²) in [5.41, 5.74) is -0.885. The van der Waals surface area contributed by atoms with E-state index in [0.29, 0.717) is 25.3 Å². The zero-order chi connectivity index (χ0) is 14.1. The third-order valence-corrected chi connectivity index (χ3v) is 4.50. The van der Waals surface area contributed by atoms with Gasteiger partial charge in [-0.3, -0.25) is 4.79 Å². The third kappa shape index (κ3) is 2.76. The van der Waals surface area contributed by atoms with Crippen LogP contribution in [0.3, 0.4) is 0 Å². The summed E-state index contributed by atoms with van der Waals surface area (Å²) in [6.45, 7) is 5.78. The molecule has 4 nitrogen and oxygen atoms in total. The smallest absolute Gasteiger partial charge is 0.243 e. The van der Waals surface area contributed by atoms with Gasteiger partial charge < -0.3 is 10.0 Å². The first-order valence-corrected chi connectivity index (χ1v) is 7.28. The Bertz CT molecular complexity index is 395. The molecule has 0 unspecified atom stereocenters. The van der Waals surface area contributed by atoms with Crippen molar-refractivity contribution in [1.82, 2.24) is 4.90 Å². The van der Waals surface area contributed by atoms with Crippen molar-refractivity contribution in [1.29, 1.82) is 5.26 Å². The predicted octanol–water partition coefficient (Wildman–Crippen LogP) is 1.94. The number of nitriles is 1. The lowest BCUT2D eigenvalue weighted by molar-refractivity contribution is -0.139. The van der Waals surface area contributed by atoms with Crippen molar-refractivity contribution in [3.8, 4) is 6.07 Å². The van der Waals surface area contributed by atoms with Gasteiger partial charge in [-0.05, 0) is 38.0 Å². The number of carbonyl (C=O) groups is 1. The Kier molecular flexibility index (Phi) is 3.87. The molecule has 106 valence electrons. The Morgan fingerprint density at radius 2 is 2.11 bits per heavy atom. The second-order valence-electron chi connectivity index (χ2n) is 6.78. The molecule has 1 atom stereocenters. The maximum Gasteiger partial charge on any atom is 0.243 e. The second kappa shape index (κ2) is 5.13. The monoisotopic (exact) mass is 264 g/mol. The Morgan fingerprint density at radius 3 is 2.58 bits per heavy atom. The maximum atomic E-state index is 12.4. The van der Waals surface area contributed by atoms with Crippen molar-refractivity contribution in [3.63, 3.8) is 0 Å². The van der Waals surface area contributed by atoms with Gasteiger partial charge in [-0.15, -0.1) is 0 Å². The van der Waals surface area contributed by atoms with Crippen molar-refractivity contribution >= 4 is 5.91 Å². The van der Waals surface area contributed by atoms with Crippen LogP contribution in [0.4, 0.5) is 0 Å². The summed E-state index contributed by atoms with van der Waals surface area (Å²) in [4.78, 5) is 14.3. The third-order valence-electron chi connectivity index (χ3n) is 4.50. The van der Waals surface area contributed by atoms with E-state index in [1.54, 1.807) is 0 Å². The molecule has 1 saturated carbocycles. The van der Waals surface area contributed by atoms with Crippen LogP contribution >= 0.6 is 0 Å². The summed E-state index contributed by atoms with van der Waals surface area (Å²) < 4.78 is 0. The molecule has 1 amide bonds. The lowest BCUT2D eigenvalue weighted by Crippen LogP contribution is -2.50. The average Bonchev–Trinajstić information content (AvgIpc) is 3.18. The molecule has 0 radical (unpaired) electrons. The average molecular weight is 264 g/mol. The van der Waals surface area contributed by atoms with Crippen LogP contribution in [0.5, 0.6) is 0 Å². The highest BCUT2D eigenvalue weighted by Crippen LogP contribution is 2.48. The quantitative estimate of drug-likeness (QED) is 0.844. The number of piperidine rings is 1. The Hall–Kier alpha value is -1.08. The lowest BCUT2D eigenvalue weighted by atomic mass is 9.74. The van der Waals surface area contributed by atoms with E-state index in [1.165, 1.54) is 0 Å². The zero-order valence-electron chi connectivity index (χ0n) is 12.0. The highest BCUT2D eigenvalue weighted by atomic mass is 16.3. The molecule has 0 aromatic rings.